The number of aryl methyl sites for hydroxylation is 1. The zero-order chi connectivity index (χ0) is 24.1. The number of rotatable bonds is 9. The maximum absolute atomic E-state index is 13.1. The van der Waals surface area contributed by atoms with Gasteiger partial charge in [0.05, 0.1) is 0 Å². The first kappa shape index (κ1) is 28.1. The molecule has 1 aromatic rings. The van der Waals surface area contributed by atoms with Crippen molar-refractivity contribution < 1.29 is 14.3 Å². The van der Waals surface area contributed by atoms with Gasteiger partial charge in [-0.05, 0) is 97.0 Å². The number of carbonyl (C=O) groups is 1. The zero-order valence-electron chi connectivity index (χ0n) is 22.4. The Morgan fingerprint density at radius 1 is 1.14 bits per heavy atom. The number of fused-ring (bicyclic) bond motifs is 3. The third kappa shape index (κ3) is 6.83. The maximum Gasteiger partial charge on any atom is 0.311 e. The fraction of sp³-hybridized carbons (Fsp3) is 0.700. The Morgan fingerprint density at radius 2 is 1.91 bits per heavy atom. The number of halogens is 1. The lowest BCUT2D eigenvalue weighted by molar-refractivity contribution is -0.134. The van der Waals surface area contributed by atoms with E-state index in [2.05, 4.69) is 50.8 Å². The van der Waals surface area contributed by atoms with Crippen molar-refractivity contribution in [3.63, 3.8) is 0 Å². The molecule has 4 nitrogen and oxygen atoms in total. The Labute approximate surface area is 219 Å². The van der Waals surface area contributed by atoms with Crippen molar-refractivity contribution in [2.75, 3.05) is 19.6 Å². The Morgan fingerprint density at radius 3 is 2.66 bits per heavy atom. The van der Waals surface area contributed by atoms with E-state index < -0.39 is 0 Å². The molecule has 1 saturated heterocycles. The number of benzene rings is 1. The van der Waals surface area contributed by atoms with Gasteiger partial charge in [0.25, 0.3) is 0 Å². The first-order valence-electron chi connectivity index (χ1n) is 13.8. The Bertz CT molecular complexity index is 888. The molecule has 196 valence electrons. The molecule has 2 unspecified atom stereocenters. The number of nitrogens with zero attached hydrogens (tertiary/aromatic N) is 1. The third-order valence-electron chi connectivity index (χ3n) is 8.15. The third-order valence-corrected chi connectivity index (χ3v) is 8.15. The van der Waals surface area contributed by atoms with Gasteiger partial charge in [-0.2, -0.15) is 0 Å². The molecule has 1 fully saturated rings. The first-order valence-corrected chi connectivity index (χ1v) is 13.8. The molecule has 1 aromatic carbocycles. The molecule has 3 aliphatic rings. The van der Waals surface area contributed by atoms with Crippen LogP contribution >= 0.6 is 12.4 Å². The van der Waals surface area contributed by atoms with Crippen LogP contribution in [0.5, 0.6) is 11.5 Å². The second-order valence-corrected chi connectivity index (χ2v) is 11.3. The summed E-state index contributed by atoms with van der Waals surface area (Å²) in [6, 6.07) is 4.26. The Hall–Kier alpha value is -1.52. The van der Waals surface area contributed by atoms with Crippen LogP contribution in [0.1, 0.15) is 109 Å². The summed E-state index contributed by atoms with van der Waals surface area (Å²) >= 11 is 0. The van der Waals surface area contributed by atoms with Gasteiger partial charge in [0, 0.05) is 23.8 Å². The molecular formula is C30H46ClNO3. The van der Waals surface area contributed by atoms with Crippen LogP contribution in [0, 0.1) is 5.92 Å². The highest BCUT2D eigenvalue weighted by atomic mass is 35.5. The van der Waals surface area contributed by atoms with Gasteiger partial charge < -0.3 is 14.4 Å². The van der Waals surface area contributed by atoms with Gasteiger partial charge in [0.2, 0.25) is 0 Å². The van der Waals surface area contributed by atoms with Gasteiger partial charge >= 0.3 is 5.97 Å². The lowest BCUT2D eigenvalue weighted by atomic mass is 9.67. The highest BCUT2D eigenvalue weighted by Gasteiger charge is 2.45. The van der Waals surface area contributed by atoms with Crippen molar-refractivity contribution in [1.29, 1.82) is 0 Å². The smallest absolute Gasteiger partial charge is 0.311 e. The average Bonchev–Trinajstić information content (AvgIpc) is 2.80. The Kier molecular flexibility index (Phi) is 10.1. The summed E-state index contributed by atoms with van der Waals surface area (Å²) < 4.78 is 12.8. The van der Waals surface area contributed by atoms with Crippen LogP contribution in [0.2, 0.25) is 0 Å². The van der Waals surface area contributed by atoms with Crippen LogP contribution in [0.4, 0.5) is 0 Å². The molecule has 0 amide bonds. The van der Waals surface area contributed by atoms with Crippen LogP contribution in [0.25, 0.3) is 0 Å². The van der Waals surface area contributed by atoms with Crippen molar-refractivity contribution in [2.24, 2.45) is 5.92 Å². The predicted octanol–water partition coefficient (Wildman–Crippen LogP) is 7.62. The van der Waals surface area contributed by atoms with E-state index >= 15 is 0 Å². The minimum Gasteiger partial charge on any atom is -0.487 e. The average molecular weight is 504 g/mol. The van der Waals surface area contributed by atoms with Gasteiger partial charge in [-0.25, -0.2) is 0 Å². The van der Waals surface area contributed by atoms with E-state index in [1.165, 1.54) is 50.8 Å². The lowest BCUT2D eigenvalue weighted by Crippen LogP contribution is -2.45. The summed E-state index contributed by atoms with van der Waals surface area (Å²) in [5, 5.41) is 0. The van der Waals surface area contributed by atoms with E-state index in [0.29, 0.717) is 12.3 Å². The van der Waals surface area contributed by atoms with Crippen LogP contribution < -0.4 is 9.47 Å². The molecule has 35 heavy (non-hydrogen) atoms. The molecule has 0 bridgehead atoms. The normalized spacial score (nSPS) is 23.3. The molecule has 2 atom stereocenters. The van der Waals surface area contributed by atoms with Crippen molar-refractivity contribution in [2.45, 2.75) is 110 Å². The van der Waals surface area contributed by atoms with E-state index in [1.807, 2.05) is 0 Å². The van der Waals surface area contributed by atoms with E-state index in [0.717, 1.165) is 61.3 Å². The van der Waals surface area contributed by atoms with Crippen LogP contribution in [-0.2, 0) is 11.2 Å². The van der Waals surface area contributed by atoms with E-state index in [9.17, 15) is 4.79 Å². The predicted molar refractivity (Wildman–Crippen MR) is 146 cm³/mol. The topological polar surface area (TPSA) is 38.8 Å². The summed E-state index contributed by atoms with van der Waals surface area (Å²) in [4.78, 5) is 15.6. The molecule has 1 aliphatic carbocycles. The van der Waals surface area contributed by atoms with Gasteiger partial charge in [0.1, 0.15) is 17.1 Å². The number of ether oxygens (including phenoxy) is 2. The molecule has 0 N–H and O–H groups in total. The number of hydrogen-bond acceptors (Lipinski definition) is 4. The standard InChI is InChI=1S/C30H45NO3.ClH/c1-5-6-8-12-23-15-17-26-28(24-21-22(2)14-16-25(24)30(3,4)34-26)29(23)33-27(32)13-11-20-31-18-9-7-10-19-31;/h15,17,21,24-25H,5-14,16,18-20H2,1-4H3;1H. The molecule has 2 aliphatic heterocycles. The minimum atomic E-state index is -0.228. The number of carbonyl (C=O) groups excluding carboxylic acids is 1. The van der Waals surface area contributed by atoms with Crippen molar-refractivity contribution >= 4 is 18.4 Å². The minimum absolute atomic E-state index is 0. The zero-order valence-corrected chi connectivity index (χ0v) is 23.2. The van der Waals surface area contributed by atoms with Crippen LogP contribution in [0.3, 0.4) is 0 Å². The largest absolute Gasteiger partial charge is 0.487 e. The molecular weight excluding hydrogens is 458 g/mol. The second kappa shape index (κ2) is 12.6. The summed E-state index contributed by atoms with van der Waals surface area (Å²) in [6.45, 7) is 12.2. The van der Waals surface area contributed by atoms with Crippen molar-refractivity contribution in [3.05, 3.63) is 34.9 Å². The van der Waals surface area contributed by atoms with Gasteiger partial charge in [-0.15, -0.1) is 12.4 Å². The highest BCUT2D eigenvalue weighted by molar-refractivity contribution is 5.85. The van der Waals surface area contributed by atoms with E-state index in [-0.39, 0.29) is 29.9 Å². The summed E-state index contributed by atoms with van der Waals surface area (Å²) in [6.07, 6.45) is 14.3. The quantitative estimate of drug-likeness (QED) is 0.150. The first-order chi connectivity index (χ1) is 16.4. The molecule has 5 heteroatoms. The number of allylic oxidation sites excluding steroid dienone is 2. The number of unbranched alkanes of at least 4 members (excludes halogenated alkanes) is 2. The van der Waals surface area contributed by atoms with Gasteiger partial charge in [0.15, 0.2) is 0 Å². The monoisotopic (exact) mass is 503 g/mol. The molecule has 0 saturated carbocycles. The molecule has 0 radical (unpaired) electrons. The molecule has 0 spiro atoms. The van der Waals surface area contributed by atoms with Gasteiger partial charge in [-0.1, -0.05) is 43.9 Å². The summed E-state index contributed by atoms with van der Waals surface area (Å²) in [5.74, 6) is 2.24. The SMILES string of the molecule is CCCCCc1ccc2c(c1OC(=O)CCCN1CCCCC1)C1C=C(C)CCC1C(C)(C)O2.Cl. The number of hydrogen-bond donors (Lipinski definition) is 0. The van der Waals surface area contributed by atoms with Crippen molar-refractivity contribution in [3.8, 4) is 11.5 Å². The molecule has 0 aromatic heterocycles. The fourth-order valence-electron chi connectivity index (χ4n) is 6.20. The highest BCUT2D eigenvalue weighted by Crippen LogP contribution is 2.54. The van der Waals surface area contributed by atoms with Crippen LogP contribution in [0.15, 0.2) is 23.8 Å². The maximum atomic E-state index is 13.1. The summed E-state index contributed by atoms with van der Waals surface area (Å²) in [7, 11) is 0. The Balaban J connectivity index is 0.00000342. The number of likely N-dealkylation sites (tertiary alicyclic amines) is 1. The molecule has 4 rings (SSSR count). The molecule has 2 heterocycles. The fourth-order valence-corrected chi connectivity index (χ4v) is 6.20. The van der Waals surface area contributed by atoms with Crippen LogP contribution in [-0.4, -0.2) is 36.1 Å². The van der Waals surface area contributed by atoms with E-state index in [4.69, 9.17) is 9.47 Å². The second-order valence-electron chi connectivity index (χ2n) is 11.3. The number of esters is 1. The van der Waals surface area contributed by atoms with Crippen molar-refractivity contribution in [1.82, 2.24) is 4.90 Å². The van der Waals surface area contributed by atoms with Gasteiger partial charge in [-0.3, -0.25) is 4.79 Å². The summed E-state index contributed by atoms with van der Waals surface area (Å²) in [5.41, 5.74) is 3.48. The van der Waals surface area contributed by atoms with E-state index in [1.54, 1.807) is 0 Å². The lowest BCUT2D eigenvalue weighted by Gasteiger charge is -2.46. The number of piperidine rings is 1.